The van der Waals surface area contributed by atoms with Gasteiger partial charge in [-0.1, -0.05) is 6.07 Å². The van der Waals surface area contributed by atoms with Gasteiger partial charge in [0.2, 0.25) is 5.89 Å². The highest BCUT2D eigenvalue weighted by Gasteiger charge is 2.10. The van der Waals surface area contributed by atoms with Crippen molar-refractivity contribution in [1.82, 2.24) is 4.98 Å². The third-order valence-electron chi connectivity index (χ3n) is 3.32. The lowest BCUT2D eigenvalue weighted by molar-refractivity contribution is 0.414. The molecule has 0 aliphatic carbocycles. The van der Waals surface area contributed by atoms with E-state index < -0.39 is 0 Å². The number of ether oxygens (including phenoxy) is 1. The van der Waals surface area contributed by atoms with Crippen molar-refractivity contribution in [2.45, 2.75) is 6.54 Å². The number of hydrogen-bond acceptors (Lipinski definition) is 5. The van der Waals surface area contributed by atoms with Crippen LogP contribution >= 0.6 is 0 Å². The number of aromatic nitrogens is 1. The first-order valence-electron chi connectivity index (χ1n) is 6.66. The number of methoxy groups -OCH3 is 1. The second-order valence-corrected chi connectivity index (χ2v) is 4.89. The van der Waals surface area contributed by atoms with Crippen molar-refractivity contribution in [3.05, 3.63) is 48.4 Å². The summed E-state index contributed by atoms with van der Waals surface area (Å²) >= 11 is 0. The van der Waals surface area contributed by atoms with Crippen molar-refractivity contribution in [2.75, 3.05) is 24.8 Å². The SMILES string of the molecule is COc1cccc(N(C)Cc2nc3cc(N)ccc3o2)c1. The summed E-state index contributed by atoms with van der Waals surface area (Å²) in [4.78, 5) is 6.51. The van der Waals surface area contributed by atoms with Gasteiger partial charge in [-0.15, -0.1) is 0 Å². The zero-order valence-electron chi connectivity index (χ0n) is 12.0. The van der Waals surface area contributed by atoms with E-state index >= 15 is 0 Å². The van der Waals surface area contributed by atoms with Crippen LogP contribution in [0.2, 0.25) is 0 Å². The molecule has 5 nitrogen and oxygen atoms in total. The highest BCUT2D eigenvalue weighted by Crippen LogP contribution is 2.23. The number of hydrogen-bond donors (Lipinski definition) is 1. The fraction of sp³-hybridized carbons (Fsp3) is 0.188. The lowest BCUT2D eigenvalue weighted by Gasteiger charge is -2.17. The first-order chi connectivity index (χ1) is 10.2. The van der Waals surface area contributed by atoms with Crippen molar-refractivity contribution in [2.24, 2.45) is 0 Å². The van der Waals surface area contributed by atoms with Crippen LogP contribution in [0.15, 0.2) is 46.9 Å². The molecule has 3 aromatic rings. The molecule has 0 atom stereocenters. The Bertz CT molecular complexity index is 767. The van der Waals surface area contributed by atoms with Crippen molar-refractivity contribution >= 4 is 22.5 Å². The lowest BCUT2D eigenvalue weighted by atomic mass is 10.3. The molecule has 0 saturated heterocycles. The molecule has 0 aliphatic heterocycles. The normalized spacial score (nSPS) is 10.8. The van der Waals surface area contributed by atoms with Crippen LogP contribution in [0.3, 0.4) is 0 Å². The molecule has 5 heteroatoms. The predicted molar refractivity (Wildman–Crippen MR) is 83.5 cm³/mol. The van der Waals surface area contributed by atoms with E-state index in [0.29, 0.717) is 18.1 Å². The van der Waals surface area contributed by atoms with Gasteiger partial charge in [-0.25, -0.2) is 4.98 Å². The zero-order chi connectivity index (χ0) is 14.8. The second kappa shape index (κ2) is 5.36. The largest absolute Gasteiger partial charge is 0.497 e. The smallest absolute Gasteiger partial charge is 0.215 e. The molecule has 0 radical (unpaired) electrons. The lowest BCUT2D eigenvalue weighted by Crippen LogP contribution is -2.16. The Morgan fingerprint density at radius 1 is 1.24 bits per heavy atom. The molecule has 3 rings (SSSR count). The van der Waals surface area contributed by atoms with Gasteiger partial charge in [0.05, 0.1) is 13.7 Å². The Hall–Kier alpha value is -2.69. The molecule has 1 aromatic heterocycles. The van der Waals surface area contributed by atoms with Gasteiger partial charge in [0, 0.05) is 24.5 Å². The second-order valence-electron chi connectivity index (χ2n) is 4.89. The van der Waals surface area contributed by atoms with Gasteiger partial charge in [0.1, 0.15) is 11.3 Å². The fourth-order valence-electron chi connectivity index (χ4n) is 2.20. The van der Waals surface area contributed by atoms with Crippen LogP contribution < -0.4 is 15.4 Å². The van der Waals surface area contributed by atoms with Gasteiger partial charge in [-0.3, -0.25) is 0 Å². The number of anilines is 2. The molecule has 0 amide bonds. The third-order valence-corrected chi connectivity index (χ3v) is 3.32. The van der Waals surface area contributed by atoms with E-state index in [1.165, 1.54) is 0 Å². The highest BCUT2D eigenvalue weighted by atomic mass is 16.5. The van der Waals surface area contributed by atoms with Crippen LogP contribution in [0.5, 0.6) is 5.75 Å². The van der Waals surface area contributed by atoms with Crippen LogP contribution in [0.4, 0.5) is 11.4 Å². The monoisotopic (exact) mass is 283 g/mol. The Morgan fingerprint density at radius 2 is 2.10 bits per heavy atom. The van der Waals surface area contributed by atoms with Gasteiger partial charge in [-0.05, 0) is 30.3 Å². The number of nitrogens with zero attached hydrogens (tertiary/aromatic N) is 2. The van der Waals surface area contributed by atoms with Crippen molar-refractivity contribution < 1.29 is 9.15 Å². The first kappa shape index (κ1) is 13.3. The topological polar surface area (TPSA) is 64.5 Å². The number of rotatable bonds is 4. The summed E-state index contributed by atoms with van der Waals surface area (Å²) in [5.74, 6) is 1.48. The molecule has 2 aromatic carbocycles. The minimum Gasteiger partial charge on any atom is -0.497 e. The van der Waals surface area contributed by atoms with Gasteiger partial charge < -0.3 is 19.8 Å². The molecule has 2 N–H and O–H groups in total. The molecular formula is C16H17N3O2. The molecular weight excluding hydrogens is 266 g/mol. The summed E-state index contributed by atoms with van der Waals surface area (Å²) in [5.41, 5.74) is 9.00. The quantitative estimate of drug-likeness (QED) is 0.745. The van der Waals surface area contributed by atoms with Crippen molar-refractivity contribution in [3.63, 3.8) is 0 Å². The maximum Gasteiger partial charge on any atom is 0.215 e. The van der Waals surface area contributed by atoms with E-state index in [9.17, 15) is 0 Å². The number of oxazole rings is 1. The van der Waals surface area contributed by atoms with E-state index in [2.05, 4.69) is 9.88 Å². The van der Waals surface area contributed by atoms with E-state index in [0.717, 1.165) is 22.5 Å². The molecule has 0 fully saturated rings. The molecule has 1 heterocycles. The average Bonchev–Trinajstić information content (AvgIpc) is 2.88. The summed E-state index contributed by atoms with van der Waals surface area (Å²) in [5, 5.41) is 0. The third kappa shape index (κ3) is 2.76. The van der Waals surface area contributed by atoms with E-state index in [1.54, 1.807) is 7.11 Å². The van der Waals surface area contributed by atoms with Crippen molar-refractivity contribution in [1.29, 1.82) is 0 Å². The maximum absolute atomic E-state index is 5.75. The predicted octanol–water partition coefficient (Wildman–Crippen LogP) is 3.06. The standard InChI is InChI=1S/C16H17N3O2/c1-19(12-4-3-5-13(9-12)20-2)10-16-18-14-8-11(17)6-7-15(14)21-16/h3-9H,10,17H2,1-2H3. The van der Waals surface area contributed by atoms with E-state index in [1.807, 2.05) is 49.5 Å². The van der Waals surface area contributed by atoms with Crippen LogP contribution in [-0.2, 0) is 6.54 Å². The number of benzene rings is 2. The van der Waals surface area contributed by atoms with Gasteiger partial charge >= 0.3 is 0 Å². The Labute approximate surface area is 122 Å². The van der Waals surface area contributed by atoms with E-state index in [-0.39, 0.29) is 0 Å². The van der Waals surface area contributed by atoms with E-state index in [4.69, 9.17) is 14.9 Å². The first-order valence-corrected chi connectivity index (χ1v) is 6.66. The molecule has 0 spiro atoms. The molecule has 21 heavy (non-hydrogen) atoms. The van der Waals surface area contributed by atoms with Crippen molar-refractivity contribution in [3.8, 4) is 5.75 Å². The van der Waals surface area contributed by atoms with Crippen LogP contribution in [0.1, 0.15) is 5.89 Å². The Kier molecular flexibility index (Phi) is 3.39. The Morgan fingerprint density at radius 3 is 2.90 bits per heavy atom. The molecule has 0 unspecified atom stereocenters. The fourth-order valence-corrected chi connectivity index (χ4v) is 2.20. The number of nitrogen functional groups attached to an aromatic ring is 1. The molecule has 108 valence electrons. The summed E-state index contributed by atoms with van der Waals surface area (Å²) in [7, 11) is 3.64. The van der Waals surface area contributed by atoms with Gasteiger partial charge in [-0.2, -0.15) is 0 Å². The minimum absolute atomic E-state index is 0.571. The van der Waals surface area contributed by atoms with Gasteiger partial charge in [0.25, 0.3) is 0 Å². The van der Waals surface area contributed by atoms with Crippen LogP contribution in [0.25, 0.3) is 11.1 Å². The zero-order valence-corrected chi connectivity index (χ0v) is 12.0. The van der Waals surface area contributed by atoms with Crippen LogP contribution in [0, 0.1) is 0 Å². The molecule has 0 bridgehead atoms. The summed E-state index contributed by atoms with van der Waals surface area (Å²) in [6.07, 6.45) is 0. The molecule has 0 saturated carbocycles. The Balaban J connectivity index is 1.83. The summed E-state index contributed by atoms with van der Waals surface area (Å²) in [6, 6.07) is 13.3. The van der Waals surface area contributed by atoms with Crippen LogP contribution in [-0.4, -0.2) is 19.1 Å². The summed E-state index contributed by atoms with van der Waals surface area (Å²) < 4.78 is 11.0. The average molecular weight is 283 g/mol. The summed E-state index contributed by atoms with van der Waals surface area (Å²) in [6.45, 7) is 0.571. The number of nitrogens with two attached hydrogens (primary N) is 1. The van der Waals surface area contributed by atoms with Gasteiger partial charge in [0.15, 0.2) is 5.58 Å². The number of fused-ring (bicyclic) bond motifs is 1. The molecule has 0 aliphatic rings. The minimum atomic E-state index is 0.571. The highest BCUT2D eigenvalue weighted by molar-refractivity contribution is 5.76. The maximum atomic E-state index is 5.75.